The SMILES string of the molecule is CCN(CC(=O)Nc1ccc2c(c1)OCCO2)CC(=O)Nc1cc(Cl)c(Cl)cc1Cl. The highest BCUT2D eigenvalue weighted by molar-refractivity contribution is 6.44. The van der Waals surface area contributed by atoms with E-state index in [4.69, 9.17) is 44.3 Å². The fraction of sp³-hybridized carbons (Fsp3) is 0.300. The van der Waals surface area contributed by atoms with Crippen LogP contribution in [0.3, 0.4) is 0 Å². The summed E-state index contributed by atoms with van der Waals surface area (Å²) in [5.41, 5.74) is 0.945. The van der Waals surface area contributed by atoms with E-state index in [0.29, 0.717) is 47.7 Å². The van der Waals surface area contributed by atoms with Crippen LogP contribution in [0, 0.1) is 0 Å². The molecule has 0 atom stereocenters. The van der Waals surface area contributed by atoms with Crippen molar-refractivity contribution >= 4 is 58.0 Å². The van der Waals surface area contributed by atoms with Crippen LogP contribution in [0.1, 0.15) is 6.92 Å². The fourth-order valence-electron chi connectivity index (χ4n) is 2.82. The molecule has 0 saturated carbocycles. The molecule has 1 heterocycles. The minimum Gasteiger partial charge on any atom is -0.486 e. The highest BCUT2D eigenvalue weighted by Crippen LogP contribution is 2.33. The van der Waals surface area contributed by atoms with Crippen LogP contribution in [0.15, 0.2) is 30.3 Å². The normalized spacial score (nSPS) is 12.6. The van der Waals surface area contributed by atoms with Crippen molar-refractivity contribution in [2.24, 2.45) is 0 Å². The van der Waals surface area contributed by atoms with Gasteiger partial charge in [0.1, 0.15) is 13.2 Å². The van der Waals surface area contributed by atoms with Gasteiger partial charge in [-0.25, -0.2) is 0 Å². The zero-order valence-electron chi connectivity index (χ0n) is 16.1. The van der Waals surface area contributed by atoms with Crippen molar-refractivity contribution in [3.63, 3.8) is 0 Å². The van der Waals surface area contributed by atoms with Crippen LogP contribution in [-0.4, -0.2) is 49.6 Å². The predicted octanol–water partition coefficient (Wildman–Crippen LogP) is 4.32. The second-order valence-corrected chi connectivity index (χ2v) is 7.73. The lowest BCUT2D eigenvalue weighted by atomic mass is 10.2. The number of likely N-dealkylation sites (N-methyl/N-ethyl adjacent to an activating group) is 1. The average Bonchev–Trinajstić information content (AvgIpc) is 2.71. The number of rotatable bonds is 7. The molecule has 0 radical (unpaired) electrons. The largest absolute Gasteiger partial charge is 0.486 e. The van der Waals surface area contributed by atoms with Crippen molar-refractivity contribution in [2.45, 2.75) is 6.92 Å². The van der Waals surface area contributed by atoms with E-state index in [1.807, 2.05) is 6.92 Å². The molecule has 0 aromatic heterocycles. The van der Waals surface area contributed by atoms with Crippen molar-refractivity contribution in [1.29, 1.82) is 0 Å². The Hall–Kier alpha value is -2.19. The molecule has 2 aromatic carbocycles. The number of amides is 2. The molecule has 3 rings (SSSR count). The molecule has 1 aliphatic rings. The zero-order chi connectivity index (χ0) is 21.7. The highest BCUT2D eigenvalue weighted by atomic mass is 35.5. The maximum Gasteiger partial charge on any atom is 0.238 e. The number of anilines is 2. The Morgan fingerprint density at radius 1 is 0.900 bits per heavy atom. The number of hydrogen-bond donors (Lipinski definition) is 2. The van der Waals surface area contributed by atoms with E-state index < -0.39 is 0 Å². The first-order chi connectivity index (χ1) is 14.4. The Morgan fingerprint density at radius 2 is 1.53 bits per heavy atom. The Morgan fingerprint density at radius 3 is 2.23 bits per heavy atom. The second kappa shape index (κ2) is 10.2. The topological polar surface area (TPSA) is 79.9 Å². The molecule has 0 unspecified atom stereocenters. The minimum atomic E-state index is -0.329. The molecule has 0 aliphatic carbocycles. The molecule has 2 N–H and O–H groups in total. The molecular weight excluding hydrogens is 453 g/mol. The van der Waals surface area contributed by atoms with Crippen LogP contribution in [0.5, 0.6) is 11.5 Å². The van der Waals surface area contributed by atoms with Crippen LogP contribution in [0.25, 0.3) is 0 Å². The minimum absolute atomic E-state index is 0.00162. The van der Waals surface area contributed by atoms with E-state index in [2.05, 4.69) is 10.6 Å². The number of carbonyl (C=O) groups is 2. The molecule has 0 saturated heterocycles. The third kappa shape index (κ3) is 5.92. The summed E-state index contributed by atoms with van der Waals surface area (Å²) in [5.74, 6) is 0.648. The summed E-state index contributed by atoms with van der Waals surface area (Å²) < 4.78 is 11.0. The first-order valence-corrected chi connectivity index (χ1v) is 10.4. The van der Waals surface area contributed by atoms with Gasteiger partial charge in [-0.1, -0.05) is 41.7 Å². The van der Waals surface area contributed by atoms with Gasteiger partial charge in [0.25, 0.3) is 0 Å². The highest BCUT2D eigenvalue weighted by Gasteiger charge is 2.17. The Labute approximate surface area is 189 Å². The number of nitrogens with one attached hydrogen (secondary N) is 2. The van der Waals surface area contributed by atoms with E-state index in [-0.39, 0.29) is 34.9 Å². The van der Waals surface area contributed by atoms with Crippen LogP contribution >= 0.6 is 34.8 Å². The molecule has 10 heteroatoms. The van der Waals surface area contributed by atoms with E-state index in [1.54, 1.807) is 23.1 Å². The summed E-state index contributed by atoms with van der Waals surface area (Å²) >= 11 is 18.0. The van der Waals surface area contributed by atoms with E-state index in [0.717, 1.165) is 0 Å². The summed E-state index contributed by atoms with van der Waals surface area (Å²) in [5, 5.41) is 6.34. The van der Waals surface area contributed by atoms with Gasteiger partial charge in [-0.2, -0.15) is 0 Å². The van der Waals surface area contributed by atoms with Crippen LogP contribution in [-0.2, 0) is 9.59 Å². The monoisotopic (exact) mass is 471 g/mol. The van der Waals surface area contributed by atoms with Gasteiger partial charge in [0.15, 0.2) is 11.5 Å². The van der Waals surface area contributed by atoms with Crippen molar-refractivity contribution < 1.29 is 19.1 Å². The van der Waals surface area contributed by atoms with Gasteiger partial charge in [0.05, 0.1) is 33.8 Å². The lowest BCUT2D eigenvalue weighted by Crippen LogP contribution is -2.38. The molecule has 2 aromatic rings. The van der Waals surface area contributed by atoms with Gasteiger partial charge in [-0.15, -0.1) is 0 Å². The van der Waals surface area contributed by atoms with Gasteiger partial charge < -0.3 is 20.1 Å². The maximum atomic E-state index is 12.4. The van der Waals surface area contributed by atoms with Crippen molar-refractivity contribution in [3.8, 4) is 11.5 Å². The van der Waals surface area contributed by atoms with Crippen molar-refractivity contribution in [3.05, 3.63) is 45.4 Å². The summed E-state index contributed by atoms with van der Waals surface area (Å²) in [6.07, 6.45) is 0. The summed E-state index contributed by atoms with van der Waals surface area (Å²) in [6.45, 7) is 3.36. The van der Waals surface area contributed by atoms with Crippen molar-refractivity contribution in [2.75, 3.05) is 43.5 Å². The predicted molar refractivity (Wildman–Crippen MR) is 118 cm³/mol. The fourth-order valence-corrected chi connectivity index (χ4v) is 3.41. The first-order valence-electron chi connectivity index (χ1n) is 9.22. The number of halogens is 3. The number of benzene rings is 2. The third-order valence-electron chi connectivity index (χ3n) is 4.29. The third-order valence-corrected chi connectivity index (χ3v) is 5.33. The number of carbonyl (C=O) groups excluding carboxylic acids is 2. The van der Waals surface area contributed by atoms with E-state index in [9.17, 15) is 9.59 Å². The first kappa shape index (κ1) is 22.5. The van der Waals surface area contributed by atoms with Gasteiger partial charge in [0, 0.05) is 11.8 Å². The number of fused-ring (bicyclic) bond motifs is 1. The maximum absolute atomic E-state index is 12.4. The van der Waals surface area contributed by atoms with Gasteiger partial charge in [-0.05, 0) is 30.8 Å². The molecule has 2 amide bonds. The van der Waals surface area contributed by atoms with E-state index >= 15 is 0 Å². The number of ether oxygens (including phenoxy) is 2. The molecule has 0 bridgehead atoms. The lowest BCUT2D eigenvalue weighted by molar-refractivity contribution is -0.119. The Balaban J connectivity index is 1.55. The van der Waals surface area contributed by atoms with Gasteiger partial charge in [0.2, 0.25) is 11.8 Å². The quantitative estimate of drug-likeness (QED) is 0.587. The summed E-state index contributed by atoms with van der Waals surface area (Å²) in [7, 11) is 0. The second-order valence-electron chi connectivity index (χ2n) is 6.50. The van der Waals surface area contributed by atoms with Gasteiger partial charge in [-0.3, -0.25) is 14.5 Å². The van der Waals surface area contributed by atoms with Crippen LogP contribution in [0.2, 0.25) is 15.1 Å². The summed E-state index contributed by atoms with van der Waals surface area (Å²) in [6, 6.07) is 8.13. The van der Waals surface area contributed by atoms with E-state index in [1.165, 1.54) is 12.1 Å². The molecule has 0 spiro atoms. The molecule has 1 aliphatic heterocycles. The molecule has 7 nitrogen and oxygen atoms in total. The number of hydrogen-bond acceptors (Lipinski definition) is 5. The standard InChI is InChI=1S/C20H20Cl3N3O4/c1-2-26(11-20(28)25-16-9-14(22)13(21)8-15(16)23)10-19(27)24-12-3-4-17-18(7-12)30-6-5-29-17/h3-4,7-9H,2,5-6,10-11H2,1H3,(H,24,27)(H,25,28). The number of nitrogens with zero attached hydrogens (tertiary/aromatic N) is 1. The molecule has 0 fully saturated rings. The zero-order valence-corrected chi connectivity index (χ0v) is 18.4. The molecule has 160 valence electrons. The average molecular weight is 473 g/mol. The molecule has 30 heavy (non-hydrogen) atoms. The Kier molecular flexibility index (Phi) is 7.66. The lowest BCUT2D eigenvalue weighted by Gasteiger charge is -2.21. The molecular formula is C20H20Cl3N3O4. The Bertz CT molecular complexity index is 955. The van der Waals surface area contributed by atoms with Crippen LogP contribution < -0.4 is 20.1 Å². The van der Waals surface area contributed by atoms with Crippen molar-refractivity contribution in [1.82, 2.24) is 4.90 Å². The van der Waals surface area contributed by atoms with Gasteiger partial charge >= 0.3 is 0 Å². The summed E-state index contributed by atoms with van der Waals surface area (Å²) in [4.78, 5) is 26.5. The van der Waals surface area contributed by atoms with Crippen LogP contribution in [0.4, 0.5) is 11.4 Å². The smallest absolute Gasteiger partial charge is 0.238 e.